The van der Waals surface area contributed by atoms with Crippen molar-refractivity contribution in [3.05, 3.63) is 71.8 Å². The highest BCUT2D eigenvalue weighted by atomic mass is 16.5. The van der Waals surface area contributed by atoms with Crippen LogP contribution in [0.25, 0.3) is 10.8 Å². The van der Waals surface area contributed by atoms with Crippen molar-refractivity contribution in [1.82, 2.24) is 0 Å². The summed E-state index contributed by atoms with van der Waals surface area (Å²) in [7, 11) is 0. The van der Waals surface area contributed by atoms with E-state index >= 15 is 0 Å². The summed E-state index contributed by atoms with van der Waals surface area (Å²) in [6, 6.07) is 18.1. The molecule has 3 aromatic rings. The maximum Gasteiger partial charge on any atom is 0.122 e. The van der Waals surface area contributed by atoms with Crippen LogP contribution in [-0.2, 0) is 0 Å². The van der Waals surface area contributed by atoms with E-state index in [1.165, 1.54) is 0 Å². The van der Waals surface area contributed by atoms with Gasteiger partial charge in [0.25, 0.3) is 0 Å². The van der Waals surface area contributed by atoms with Crippen molar-refractivity contribution in [3.63, 3.8) is 0 Å². The largest absolute Gasteiger partial charge is 0.493 e. The Balaban J connectivity index is 1.47. The lowest BCUT2D eigenvalue weighted by Crippen LogP contribution is -2.20. The summed E-state index contributed by atoms with van der Waals surface area (Å²) in [4.78, 5) is 0. The molecule has 0 aliphatic rings. The van der Waals surface area contributed by atoms with Gasteiger partial charge in [0.1, 0.15) is 29.8 Å². The van der Waals surface area contributed by atoms with Crippen LogP contribution in [0.3, 0.4) is 0 Å². The average Bonchev–Trinajstić information content (AvgIpc) is 2.72. The summed E-state index contributed by atoms with van der Waals surface area (Å²) in [6.07, 6.45) is -0.242. The van der Waals surface area contributed by atoms with Crippen LogP contribution in [0.4, 0.5) is 0 Å². The SMILES string of the molecule is N=C(N)c1ccc(OCC(O)CCOc2ccc3cc(C(=N)N)ccc3c2)cc1. The van der Waals surface area contributed by atoms with Gasteiger partial charge < -0.3 is 26.0 Å². The lowest BCUT2D eigenvalue weighted by atomic mass is 10.1. The molecular weight excluding hydrogens is 368 g/mol. The first-order valence-corrected chi connectivity index (χ1v) is 9.19. The number of fused-ring (bicyclic) bond motifs is 1. The van der Waals surface area contributed by atoms with E-state index in [1.54, 1.807) is 30.3 Å². The highest BCUT2D eigenvalue weighted by molar-refractivity contribution is 5.99. The van der Waals surface area contributed by atoms with Crippen molar-refractivity contribution >= 4 is 22.4 Å². The number of hydrogen-bond donors (Lipinski definition) is 5. The Morgan fingerprint density at radius 3 is 2.07 bits per heavy atom. The zero-order valence-electron chi connectivity index (χ0n) is 15.9. The molecule has 0 aliphatic heterocycles. The van der Waals surface area contributed by atoms with Gasteiger partial charge in [-0.25, -0.2) is 0 Å². The maximum absolute atomic E-state index is 10.1. The molecule has 0 saturated carbocycles. The number of aliphatic hydroxyl groups excluding tert-OH is 1. The molecule has 0 heterocycles. The summed E-state index contributed by atoms with van der Waals surface area (Å²) in [5.41, 5.74) is 12.2. The third-order valence-corrected chi connectivity index (χ3v) is 4.45. The summed E-state index contributed by atoms with van der Waals surface area (Å²) in [6.45, 7) is 0.499. The number of ether oxygens (including phenoxy) is 2. The molecule has 0 spiro atoms. The Bertz CT molecular complexity index is 1020. The van der Waals surface area contributed by atoms with Crippen LogP contribution in [-0.4, -0.2) is 36.1 Å². The lowest BCUT2D eigenvalue weighted by molar-refractivity contribution is 0.0858. The van der Waals surface area contributed by atoms with Crippen molar-refractivity contribution in [1.29, 1.82) is 10.8 Å². The molecule has 1 unspecified atom stereocenters. The van der Waals surface area contributed by atoms with Gasteiger partial charge in [-0.05, 0) is 53.2 Å². The molecule has 0 aromatic heterocycles. The molecular formula is C22H24N4O3. The second-order valence-electron chi connectivity index (χ2n) is 6.68. The smallest absolute Gasteiger partial charge is 0.122 e. The molecule has 0 fully saturated rings. The Morgan fingerprint density at radius 2 is 1.38 bits per heavy atom. The summed E-state index contributed by atoms with van der Waals surface area (Å²) in [5, 5.41) is 26.9. The molecule has 29 heavy (non-hydrogen) atoms. The van der Waals surface area contributed by atoms with Crippen molar-refractivity contribution < 1.29 is 14.6 Å². The molecule has 0 radical (unpaired) electrons. The molecule has 0 amide bonds. The van der Waals surface area contributed by atoms with Gasteiger partial charge >= 0.3 is 0 Å². The number of amidine groups is 2. The minimum Gasteiger partial charge on any atom is -0.493 e. The van der Waals surface area contributed by atoms with Gasteiger partial charge in [0, 0.05) is 17.5 Å². The molecule has 0 aliphatic carbocycles. The third-order valence-electron chi connectivity index (χ3n) is 4.45. The Morgan fingerprint density at radius 1 is 0.793 bits per heavy atom. The van der Waals surface area contributed by atoms with Gasteiger partial charge in [0.2, 0.25) is 0 Å². The second-order valence-corrected chi connectivity index (χ2v) is 6.68. The number of nitrogen functional groups attached to an aromatic ring is 2. The molecule has 7 nitrogen and oxygen atoms in total. The van der Waals surface area contributed by atoms with Gasteiger partial charge in [0.05, 0.1) is 12.7 Å². The molecule has 0 bridgehead atoms. The van der Waals surface area contributed by atoms with Gasteiger partial charge in [-0.15, -0.1) is 0 Å². The van der Waals surface area contributed by atoms with Crippen molar-refractivity contribution in [3.8, 4) is 11.5 Å². The van der Waals surface area contributed by atoms with Gasteiger partial charge in [0.15, 0.2) is 0 Å². The second kappa shape index (κ2) is 9.07. The number of hydrogen-bond acceptors (Lipinski definition) is 5. The van der Waals surface area contributed by atoms with Crippen LogP contribution in [0.15, 0.2) is 60.7 Å². The van der Waals surface area contributed by atoms with Crippen molar-refractivity contribution in [2.75, 3.05) is 13.2 Å². The van der Waals surface area contributed by atoms with Gasteiger partial charge in [-0.1, -0.05) is 18.2 Å². The molecule has 150 valence electrons. The first-order valence-electron chi connectivity index (χ1n) is 9.19. The standard InChI is InChI=1S/C22H24N4O3/c23-21(24)14-3-6-19(7-4-14)29-13-18(27)9-10-28-20-8-5-15-11-17(22(25)26)2-1-16(15)12-20/h1-8,11-12,18,27H,9-10,13H2,(H3,23,24)(H3,25,26). The molecule has 3 rings (SSSR count). The molecule has 7 heteroatoms. The predicted octanol–water partition coefficient (Wildman–Crippen LogP) is 2.62. The zero-order valence-corrected chi connectivity index (χ0v) is 15.9. The van der Waals surface area contributed by atoms with Gasteiger partial charge in [-0.2, -0.15) is 0 Å². The average molecular weight is 392 g/mol. The fourth-order valence-electron chi connectivity index (χ4n) is 2.80. The highest BCUT2D eigenvalue weighted by Crippen LogP contribution is 2.22. The van der Waals surface area contributed by atoms with E-state index in [-0.39, 0.29) is 18.3 Å². The van der Waals surface area contributed by atoms with E-state index in [9.17, 15) is 5.11 Å². The van der Waals surface area contributed by atoms with E-state index in [0.29, 0.717) is 35.7 Å². The lowest BCUT2D eigenvalue weighted by Gasteiger charge is -2.13. The van der Waals surface area contributed by atoms with E-state index < -0.39 is 6.10 Å². The molecule has 3 aromatic carbocycles. The van der Waals surface area contributed by atoms with E-state index in [1.807, 2.05) is 30.3 Å². The first kappa shape index (κ1) is 20.2. The summed E-state index contributed by atoms with van der Waals surface area (Å²) in [5.74, 6) is 1.36. The number of benzene rings is 3. The predicted molar refractivity (Wildman–Crippen MR) is 114 cm³/mol. The highest BCUT2D eigenvalue weighted by Gasteiger charge is 2.07. The fourth-order valence-corrected chi connectivity index (χ4v) is 2.80. The van der Waals surface area contributed by atoms with E-state index in [4.69, 9.17) is 31.8 Å². The summed E-state index contributed by atoms with van der Waals surface area (Å²) >= 11 is 0. The summed E-state index contributed by atoms with van der Waals surface area (Å²) < 4.78 is 11.3. The van der Waals surface area contributed by atoms with Crippen molar-refractivity contribution in [2.45, 2.75) is 12.5 Å². The molecule has 0 saturated heterocycles. The third kappa shape index (κ3) is 5.46. The molecule has 1 atom stereocenters. The van der Waals surface area contributed by atoms with Crippen LogP contribution in [0, 0.1) is 10.8 Å². The van der Waals surface area contributed by atoms with Crippen LogP contribution in [0.1, 0.15) is 17.5 Å². The monoisotopic (exact) mass is 392 g/mol. The quantitative estimate of drug-likeness (QED) is 0.281. The molecule has 7 N–H and O–H groups in total. The minimum absolute atomic E-state index is 0.00159. The minimum atomic E-state index is -0.666. The number of nitrogens with one attached hydrogen (secondary N) is 2. The van der Waals surface area contributed by atoms with Crippen LogP contribution in [0.2, 0.25) is 0 Å². The zero-order chi connectivity index (χ0) is 20.8. The normalized spacial score (nSPS) is 11.8. The first-order chi connectivity index (χ1) is 13.9. The fraction of sp³-hybridized carbons (Fsp3) is 0.182. The number of aliphatic hydroxyl groups is 1. The van der Waals surface area contributed by atoms with Crippen LogP contribution in [0.5, 0.6) is 11.5 Å². The maximum atomic E-state index is 10.1. The van der Waals surface area contributed by atoms with Crippen LogP contribution >= 0.6 is 0 Å². The van der Waals surface area contributed by atoms with Crippen molar-refractivity contribution in [2.24, 2.45) is 11.5 Å². The number of nitrogens with two attached hydrogens (primary N) is 2. The topological polar surface area (TPSA) is 138 Å². The number of rotatable bonds is 9. The van der Waals surface area contributed by atoms with Gasteiger partial charge in [-0.3, -0.25) is 10.8 Å². The Hall–Kier alpha value is -3.58. The van der Waals surface area contributed by atoms with E-state index in [2.05, 4.69) is 0 Å². The Labute approximate surface area is 168 Å². The van der Waals surface area contributed by atoms with Crippen LogP contribution < -0.4 is 20.9 Å². The Kier molecular flexibility index (Phi) is 6.31. The van der Waals surface area contributed by atoms with E-state index in [0.717, 1.165) is 10.8 Å².